The summed E-state index contributed by atoms with van der Waals surface area (Å²) < 4.78 is 23.8. The monoisotopic (exact) mass is 233 g/mol. The van der Waals surface area contributed by atoms with E-state index < -0.39 is 0 Å². The Morgan fingerprint density at radius 3 is 2.76 bits per heavy atom. The van der Waals surface area contributed by atoms with E-state index in [4.69, 9.17) is 9.47 Å². The number of ether oxygens (including phenoxy) is 2. The zero-order chi connectivity index (χ0) is 12.1. The number of halogens is 1. The molecule has 0 aliphatic heterocycles. The minimum absolute atomic E-state index is 0.220. The van der Waals surface area contributed by atoms with Crippen LogP contribution in [0.3, 0.4) is 0 Å². The van der Waals surface area contributed by atoms with Crippen molar-refractivity contribution in [2.45, 2.75) is 6.61 Å². The zero-order valence-electron chi connectivity index (χ0n) is 9.39. The van der Waals surface area contributed by atoms with Crippen molar-refractivity contribution in [2.75, 3.05) is 7.11 Å². The number of nitrogens with zero attached hydrogens (tertiary/aromatic N) is 1. The average Bonchev–Trinajstić information content (AvgIpc) is 2.38. The number of benzene rings is 1. The van der Waals surface area contributed by atoms with Crippen molar-refractivity contribution in [3.8, 4) is 11.6 Å². The molecule has 0 aliphatic carbocycles. The fraction of sp³-hybridized carbons (Fsp3) is 0.154. The molecular weight excluding hydrogens is 221 g/mol. The highest BCUT2D eigenvalue weighted by atomic mass is 19.1. The van der Waals surface area contributed by atoms with Gasteiger partial charge in [-0.3, -0.25) is 0 Å². The van der Waals surface area contributed by atoms with E-state index in [0.29, 0.717) is 5.88 Å². The third kappa shape index (κ3) is 2.72. The highest BCUT2D eigenvalue weighted by Crippen LogP contribution is 2.20. The van der Waals surface area contributed by atoms with E-state index in [1.54, 1.807) is 30.5 Å². The molecule has 3 nitrogen and oxygen atoms in total. The molecule has 1 heterocycles. The molecule has 2 aromatic rings. The molecule has 88 valence electrons. The molecule has 17 heavy (non-hydrogen) atoms. The van der Waals surface area contributed by atoms with Gasteiger partial charge in [-0.25, -0.2) is 9.37 Å². The Morgan fingerprint density at radius 2 is 2.00 bits per heavy atom. The first kappa shape index (κ1) is 11.4. The fourth-order valence-corrected chi connectivity index (χ4v) is 1.44. The summed E-state index contributed by atoms with van der Waals surface area (Å²) in [5.74, 6) is 0.331. The molecule has 4 heteroatoms. The van der Waals surface area contributed by atoms with Crippen LogP contribution in [-0.2, 0) is 6.61 Å². The second-order valence-corrected chi connectivity index (χ2v) is 3.39. The van der Waals surface area contributed by atoms with E-state index in [1.165, 1.54) is 13.2 Å². The first-order valence-corrected chi connectivity index (χ1v) is 5.16. The number of hydrogen-bond donors (Lipinski definition) is 0. The molecule has 0 bridgehead atoms. The molecule has 2 rings (SSSR count). The summed E-state index contributed by atoms with van der Waals surface area (Å²) in [4.78, 5) is 4.04. The Kier molecular flexibility index (Phi) is 3.55. The van der Waals surface area contributed by atoms with Crippen LogP contribution in [0, 0.1) is 5.82 Å². The smallest absolute Gasteiger partial charge is 0.219 e. The van der Waals surface area contributed by atoms with Gasteiger partial charge in [0.15, 0.2) is 11.6 Å². The van der Waals surface area contributed by atoms with Crippen LogP contribution in [0.4, 0.5) is 4.39 Å². The van der Waals surface area contributed by atoms with E-state index in [2.05, 4.69) is 4.98 Å². The van der Waals surface area contributed by atoms with Gasteiger partial charge < -0.3 is 9.47 Å². The highest BCUT2D eigenvalue weighted by molar-refractivity contribution is 5.27. The van der Waals surface area contributed by atoms with Crippen molar-refractivity contribution in [1.29, 1.82) is 0 Å². The summed E-state index contributed by atoms with van der Waals surface area (Å²) in [7, 11) is 1.54. The Hall–Kier alpha value is -2.10. The predicted molar refractivity (Wildman–Crippen MR) is 61.5 cm³/mol. The third-order valence-corrected chi connectivity index (χ3v) is 2.26. The molecule has 1 aromatic carbocycles. The van der Waals surface area contributed by atoms with Gasteiger partial charge in [-0.1, -0.05) is 12.1 Å². The number of rotatable bonds is 4. The van der Waals surface area contributed by atoms with Crippen molar-refractivity contribution in [2.24, 2.45) is 0 Å². The molecule has 0 spiro atoms. The van der Waals surface area contributed by atoms with Crippen LogP contribution in [0.2, 0.25) is 0 Å². The lowest BCUT2D eigenvalue weighted by atomic mass is 10.3. The van der Waals surface area contributed by atoms with Crippen LogP contribution in [-0.4, -0.2) is 12.1 Å². The Balaban J connectivity index is 2.10. The molecular formula is C13H12FNO2. The summed E-state index contributed by atoms with van der Waals surface area (Å²) in [5.41, 5.74) is 0.776. The molecule has 0 amide bonds. The fourth-order valence-electron chi connectivity index (χ4n) is 1.44. The topological polar surface area (TPSA) is 31.4 Å². The Labute approximate surface area is 98.8 Å². The molecule has 0 N–H and O–H groups in total. The second kappa shape index (κ2) is 5.30. The predicted octanol–water partition coefficient (Wildman–Crippen LogP) is 2.81. The van der Waals surface area contributed by atoms with Crippen LogP contribution in [0.15, 0.2) is 42.6 Å². The van der Waals surface area contributed by atoms with Crippen LogP contribution in [0.5, 0.6) is 11.6 Å². The van der Waals surface area contributed by atoms with Gasteiger partial charge in [0.05, 0.1) is 12.7 Å². The second-order valence-electron chi connectivity index (χ2n) is 3.39. The van der Waals surface area contributed by atoms with Crippen LogP contribution < -0.4 is 9.47 Å². The first-order valence-electron chi connectivity index (χ1n) is 5.16. The lowest BCUT2D eigenvalue weighted by Crippen LogP contribution is -2.01. The number of methoxy groups -OCH3 is 1. The minimum atomic E-state index is -0.379. The van der Waals surface area contributed by atoms with Crippen LogP contribution >= 0.6 is 0 Å². The number of pyridine rings is 1. The van der Waals surface area contributed by atoms with E-state index in [1.807, 2.05) is 6.07 Å². The maximum Gasteiger partial charge on any atom is 0.219 e. The van der Waals surface area contributed by atoms with Crippen molar-refractivity contribution in [3.63, 3.8) is 0 Å². The molecule has 0 radical (unpaired) electrons. The van der Waals surface area contributed by atoms with Crippen molar-refractivity contribution < 1.29 is 13.9 Å². The molecule has 0 fully saturated rings. The highest BCUT2D eigenvalue weighted by Gasteiger charge is 2.06. The van der Waals surface area contributed by atoms with Gasteiger partial charge in [0.2, 0.25) is 5.88 Å². The first-order chi connectivity index (χ1) is 8.31. The van der Waals surface area contributed by atoms with Crippen molar-refractivity contribution >= 4 is 0 Å². The summed E-state index contributed by atoms with van der Waals surface area (Å²) >= 11 is 0. The number of aromatic nitrogens is 1. The summed E-state index contributed by atoms with van der Waals surface area (Å²) in [6.45, 7) is 0.220. The van der Waals surface area contributed by atoms with Gasteiger partial charge in [-0.15, -0.1) is 0 Å². The maximum absolute atomic E-state index is 13.3. The number of para-hydroxylation sites is 1. The van der Waals surface area contributed by atoms with Gasteiger partial charge in [-0.2, -0.15) is 0 Å². The van der Waals surface area contributed by atoms with Crippen LogP contribution in [0.25, 0.3) is 0 Å². The molecule has 0 aliphatic rings. The lowest BCUT2D eigenvalue weighted by molar-refractivity contribution is 0.280. The molecule has 0 saturated heterocycles. The van der Waals surface area contributed by atoms with Crippen LogP contribution in [0.1, 0.15) is 5.56 Å². The molecule has 0 atom stereocenters. The maximum atomic E-state index is 13.3. The normalized spacial score (nSPS) is 10.0. The van der Waals surface area contributed by atoms with E-state index >= 15 is 0 Å². The summed E-state index contributed by atoms with van der Waals surface area (Å²) in [6, 6.07) is 9.88. The van der Waals surface area contributed by atoms with Crippen molar-refractivity contribution in [1.82, 2.24) is 4.98 Å². The minimum Gasteiger partial charge on any atom is -0.486 e. The summed E-state index contributed by atoms with van der Waals surface area (Å²) in [5, 5.41) is 0. The van der Waals surface area contributed by atoms with Gasteiger partial charge in [-0.05, 0) is 24.3 Å². The third-order valence-electron chi connectivity index (χ3n) is 2.26. The van der Waals surface area contributed by atoms with Crippen molar-refractivity contribution in [3.05, 3.63) is 54.0 Å². The van der Waals surface area contributed by atoms with Gasteiger partial charge in [0, 0.05) is 6.20 Å². The van der Waals surface area contributed by atoms with Gasteiger partial charge >= 0.3 is 0 Å². The lowest BCUT2D eigenvalue weighted by Gasteiger charge is -2.09. The largest absolute Gasteiger partial charge is 0.486 e. The summed E-state index contributed by atoms with van der Waals surface area (Å²) in [6.07, 6.45) is 1.63. The molecule has 0 saturated carbocycles. The molecule has 1 aromatic heterocycles. The van der Waals surface area contributed by atoms with E-state index in [0.717, 1.165) is 5.56 Å². The zero-order valence-corrected chi connectivity index (χ0v) is 9.39. The van der Waals surface area contributed by atoms with Gasteiger partial charge in [0.1, 0.15) is 6.61 Å². The molecule has 0 unspecified atom stereocenters. The van der Waals surface area contributed by atoms with E-state index in [-0.39, 0.29) is 18.2 Å². The average molecular weight is 233 g/mol. The quantitative estimate of drug-likeness (QED) is 0.813. The Morgan fingerprint density at radius 1 is 1.18 bits per heavy atom. The van der Waals surface area contributed by atoms with Gasteiger partial charge in [0.25, 0.3) is 0 Å². The number of hydrogen-bond acceptors (Lipinski definition) is 3. The standard InChI is InChI=1S/C13H12FNO2/c1-16-13-10(5-4-8-15-13)9-17-12-7-3-2-6-11(12)14/h2-8H,9H2,1H3. The SMILES string of the molecule is COc1ncccc1COc1ccccc1F. The Bertz CT molecular complexity index is 502. The van der Waals surface area contributed by atoms with E-state index in [9.17, 15) is 4.39 Å².